The first-order chi connectivity index (χ1) is 11.1. The summed E-state index contributed by atoms with van der Waals surface area (Å²) >= 11 is 0. The highest BCUT2D eigenvalue weighted by Crippen LogP contribution is 2.09. The molecule has 0 spiro atoms. The van der Waals surface area contributed by atoms with Crippen LogP contribution in [0.5, 0.6) is 0 Å². The lowest BCUT2D eigenvalue weighted by atomic mass is 10.1. The Morgan fingerprint density at radius 2 is 1.87 bits per heavy atom. The average molecular weight is 317 g/mol. The van der Waals surface area contributed by atoms with Gasteiger partial charge < -0.3 is 14.8 Å². The Labute approximate surface area is 133 Å². The van der Waals surface area contributed by atoms with Crippen molar-refractivity contribution < 1.29 is 14.4 Å². The molecule has 0 saturated carbocycles. The number of carbonyl (C=O) groups excluding carboxylic acids is 3. The van der Waals surface area contributed by atoms with Crippen LogP contribution < -0.4 is 5.43 Å². The first-order valence-electron chi connectivity index (χ1n) is 7.68. The molecule has 0 aromatic carbocycles. The third kappa shape index (κ3) is 3.58. The minimum atomic E-state index is -0.165. The minimum Gasteiger partial charge on any atom is -0.365 e. The Kier molecular flexibility index (Phi) is 4.40. The van der Waals surface area contributed by atoms with Gasteiger partial charge in [0, 0.05) is 50.9 Å². The molecule has 8 nitrogen and oxygen atoms in total. The molecule has 0 atom stereocenters. The van der Waals surface area contributed by atoms with Crippen LogP contribution >= 0.6 is 0 Å². The predicted molar refractivity (Wildman–Crippen MR) is 82.5 cm³/mol. The van der Waals surface area contributed by atoms with Crippen LogP contribution in [0.2, 0.25) is 0 Å². The van der Waals surface area contributed by atoms with E-state index in [2.05, 4.69) is 15.5 Å². The van der Waals surface area contributed by atoms with Gasteiger partial charge in [-0.2, -0.15) is 5.10 Å². The Balaban J connectivity index is 1.51. The third-order valence-corrected chi connectivity index (χ3v) is 4.07. The summed E-state index contributed by atoms with van der Waals surface area (Å²) < 4.78 is 0. The van der Waals surface area contributed by atoms with Gasteiger partial charge >= 0.3 is 0 Å². The van der Waals surface area contributed by atoms with E-state index in [1.165, 1.54) is 0 Å². The number of H-pyrrole nitrogens is 1. The average Bonchev–Trinajstić information content (AvgIpc) is 3.08. The zero-order chi connectivity index (χ0) is 16.2. The van der Waals surface area contributed by atoms with E-state index in [1.807, 2.05) is 12.1 Å². The Bertz CT molecular complexity index is 630. The lowest BCUT2D eigenvalue weighted by molar-refractivity contribution is -0.136. The van der Waals surface area contributed by atoms with E-state index in [4.69, 9.17) is 0 Å². The summed E-state index contributed by atoms with van der Waals surface area (Å²) in [6.45, 7) is 2.01. The van der Waals surface area contributed by atoms with Gasteiger partial charge in [-0.05, 0) is 12.1 Å². The van der Waals surface area contributed by atoms with Crippen molar-refractivity contribution in [2.75, 3.05) is 26.2 Å². The van der Waals surface area contributed by atoms with E-state index in [-0.39, 0.29) is 17.7 Å². The molecule has 3 amide bonds. The standard InChI is InChI=1S/C15H19N5O3/c21-13-4-3-12(17-18-13)15(23)20-8-6-19(7-9-20)14(22)10-11-2-1-5-16-11/h1-2,5,16H,3-4,6-10H2,(H,18,21). The number of hydrogen-bond acceptors (Lipinski definition) is 4. The largest absolute Gasteiger partial charge is 0.365 e. The summed E-state index contributed by atoms with van der Waals surface area (Å²) in [7, 11) is 0. The molecule has 8 heteroatoms. The number of carbonyl (C=O) groups is 3. The van der Waals surface area contributed by atoms with Crippen molar-refractivity contribution in [2.45, 2.75) is 19.3 Å². The number of nitrogens with zero attached hydrogens (tertiary/aromatic N) is 3. The smallest absolute Gasteiger partial charge is 0.270 e. The number of rotatable bonds is 3. The summed E-state index contributed by atoms with van der Waals surface area (Å²) in [6.07, 6.45) is 2.80. The number of hydrogen-bond donors (Lipinski definition) is 2. The summed E-state index contributed by atoms with van der Waals surface area (Å²) in [4.78, 5) is 42.1. The Hall–Kier alpha value is -2.64. The zero-order valence-corrected chi connectivity index (χ0v) is 12.7. The van der Waals surface area contributed by atoms with Gasteiger partial charge in [-0.15, -0.1) is 0 Å². The molecule has 3 heterocycles. The van der Waals surface area contributed by atoms with Crippen molar-refractivity contribution in [1.29, 1.82) is 0 Å². The van der Waals surface area contributed by atoms with Crippen LogP contribution in [0, 0.1) is 0 Å². The molecule has 0 aliphatic carbocycles. The third-order valence-electron chi connectivity index (χ3n) is 4.07. The Morgan fingerprint density at radius 3 is 2.48 bits per heavy atom. The van der Waals surface area contributed by atoms with Crippen molar-refractivity contribution in [2.24, 2.45) is 5.10 Å². The number of aromatic amines is 1. The molecule has 23 heavy (non-hydrogen) atoms. The van der Waals surface area contributed by atoms with Crippen LogP contribution in [0.4, 0.5) is 0 Å². The van der Waals surface area contributed by atoms with Gasteiger partial charge in [0.2, 0.25) is 11.8 Å². The van der Waals surface area contributed by atoms with E-state index < -0.39 is 0 Å². The maximum absolute atomic E-state index is 12.3. The van der Waals surface area contributed by atoms with E-state index in [0.29, 0.717) is 51.2 Å². The molecule has 2 aliphatic rings. The first-order valence-corrected chi connectivity index (χ1v) is 7.68. The quantitative estimate of drug-likeness (QED) is 0.786. The van der Waals surface area contributed by atoms with Gasteiger partial charge in [-0.25, -0.2) is 5.43 Å². The summed E-state index contributed by atoms with van der Waals surface area (Å²) in [5.41, 5.74) is 3.61. The maximum atomic E-state index is 12.3. The van der Waals surface area contributed by atoms with Gasteiger partial charge in [0.1, 0.15) is 5.71 Å². The highest BCUT2D eigenvalue weighted by atomic mass is 16.2. The number of amides is 3. The molecular weight excluding hydrogens is 298 g/mol. The van der Waals surface area contributed by atoms with Gasteiger partial charge in [-0.3, -0.25) is 14.4 Å². The summed E-state index contributed by atoms with van der Waals surface area (Å²) in [5.74, 6) is -0.260. The normalized spacial score (nSPS) is 18.4. The van der Waals surface area contributed by atoms with E-state index in [1.54, 1.807) is 16.0 Å². The van der Waals surface area contributed by atoms with Crippen molar-refractivity contribution in [3.63, 3.8) is 0 Å². The number of aromatic nitrogens is 1. The van der Waals surface area contributed by atoms with Crippen LogP contribution in [0.3, 0.4) is 0 Å². The molecule has 1 aromatic rings. The maximum Gasteiger partial charge on any atom is 0.270 e. The fraction of sp³-hybridized carbons (Fsp3) is 0.467. The molecule has 0 unspecified atom stereocenters. The molecular formula is C15H19N5O3. The van der Waals surface area contributed by atoms with Crippen LogP contribution in [0.15, 0.2) is 23.4 Å². The summed E-state index contributed by atoms with van der Waals surface area (Å²) in [6, 6.07) is 3.75. The van der Waals surface area contributed by atoms with Crippen molar-refractivity contribution >= 4 is 23.4 Å². The number of nitrogens with one attached hydrogen (secondary N) is 2. The van der Waals surface area contributed by atoms with E-state index in [9.17, 15) is 14.4 Å². The molecule has 1 saturated heterocycles. The fourth-order valence-electron chi connectivity index (χ4n) is 2.72. The number of hydrazone groups is 1. The Morgan fingerprint density at radius 1 is 1.13 bits per heavy atom. The lowest BCUT2D eigenvalue weighted by Gasteiger charge is -2.35. The van der Waals surface area contributed by atoms with Gasteiger partial charge in [0.25, 0.3) is 5.91 Å². The predicted octanol–water partition coefficient (Wildman–Crippen LogP) is -0.506. The topological polar surface area (TPSA) is 97.9 Å². The second-order valence-electron chi connectivity index (χ2n) is 5.64. The molecule has 3 rings (SSSR count). The molecule has 1 aromatic heterocycles. The highest BCUT2D eigenvalue weighted by Gasteiger charge is 2.28. The van der Waals surface area contributed by atoms with Gasteiger partial charge in [0.15, 0.2) is 0 Å². The first kappa shape index (κ1) is 15.3. The summed E-state index contributed by atoms with van der Waals surface area (Å²) in [5, 5.41) is 3.83. The monoisotopic (exact) mass is 317 g/mol. The van der Waals surface area contributed by atoms with Crippen LogP contribution in [-0.4, -0.2) is 64.4 Å². The molecule has 0 radical (unpaired) electrons. The highest BCUT2D eigenvalue weighted by molar-refractivity contribution is 6.39. The fourth-order valence-corrected chi connectivity index (χ4v) is 2.72. The molecule has 1 fully saturated rings. The van der Waals surface area contributed by atoms with E-state index >= 15 is 0 Å². The van der Waals surface area contributed by atoms with Crippen molar-refractivity contribution in [1.82, 2.24) is 20.2 Å². The van der Waals surface area contributed by atoms with Gasteiger partial charge in [-0.1, -0.05) is 0 Å². The van der Waals surface area contributed by atoms with Crippen LogP contribution in [0.1, 0.15) is 18.5 Å². The minimum absolute atomic E-state index is 0.0572. The SMILES string of the molecule is O=C1CCC(C(=O)N2CCN(C(=O)Cc3ccc[nH]3)CC2)=NN1. The van der Waals surface area contributed by atoms with Crippen molar-refractivity contribution in [3.05, 3.63) is 24.0 Å². The van der Waals surface area contributed by atoms with E-state index in [0.717, 1.165) is 5.69 Å². The molecule has 2 aliphatic heterocycles. The van der Waals surface area contributed by atoms with Gasteiger partial charge in [0.05, 0.1) is 6.42 Å². The van der Waals surface area contributed by atoms with Crippen LogP contribution in [0.25, 0.3) is 0 Å². The number of piperazine rings is 1. The second-order valence-corrected chi connectivity index (χ2v) is 5.64. The second kappa shape index (κ2) is 6.64. The molecule has 0 bridgehead atoms. The van der Waals surface area contributed by atoms with Crippen LogP contribution in [-0.2, 0) is 20.8 Å². The lowest BCUT2D eigenvalue weighted by Crippen LogP contribution is -2.53. The molecule has 2 N–H and O–H groups in total. The van der Waals surface area contributed by atoms with Crippen molar-refractivity contribution in [3.8, 4) is 0 Å². The zero-order valence-electron chi connectivity index (χ0n) is 12.7. The molecule has 122 valence electrons.